The highest BCUT2D eigenvalue weighted by Crippen LogP contribution is 2.42. The van der Waals surface area contributed by atoms with E-state index in [1.165, 1.54) is 0 Å². The molecule has 2 unspecified atom stereocenters. The maximum atomic E-state index is 13.4. The average molecular weight is 492 g/mol. The first-order valence-corrected chi connectivity index (χ1v) is 12.3. The first kappa shape index (κ1) is 25.3. The molecule has 1 saturated heterocycles. The molecule has 0 spiro atoms. The zero-order chi connectivity index (χ0) is 25.1. The van der Waals surface area contributed by atoms with Gasteiger partial charge in [0.25, 0.3) is 0 Å². The topological polar surface area (TPSA) is 124 Å². The van der Waals surface area contributed by atoms with Crippen molar-refractivity contribution in [3.05, 3.63) is 17.3 Å². The number of aliphatic hydroxyl groups is 1. The Bertz CT molecular complexity index is 964. The minimum Gasteiger partial charge on any atom is -0.387 e. The second-order valence-corrected chi connectivity index (χ2v) is 9.37. The lowest BCUT2D eigenvalue weighted by Gasteiger charge is -2.34. The van der Waals surface area contributed by atoms with Gasteiger partial charge in [-0.05, 0) is 38.2 Å². The summed E-state index contributed by atoms with van der Waals surface area (Å²) >= 11 is 0. The van der Waals surface area contributed by atoms with Gasteiger partial charge >= 0.3 is 0 Å². The maximum absolute atomic E-state index is 13.4. The summed E-state index contributed by atoms with van der Waals surface area (Å²) in [6, 6.07) is 0.935. The van der Waals surface area contributed by atoms with Crippen molar-refractivity contribution in [1.82, 2.24) is 15.2 Å². The third-order valence-corrected chi connectivity index (χ3v) is 6.97. The molecule has 3 amide bonds. The standard InChI is InChI=1S/C24H34FN5O5/c1-3-17-18(28-23(33)14-4-5-14)12-16-21(35-11-8-25)20(29(2)22(16)27-17)24(34)26-15-6-9-30(10-7-15)19(32)13-31/h12,14-15,20-21,31H,3-11,13H2,1-2H3,(H,26,34)(H,28,33). The number of nitrogens with zero attached hydrogens (tertiary/aromatic N) is 3. The maximum Gasteiger partial charge on any atom is 0.248 e. The molecule has 10 nitrogen and oxygen atoms in total. The van der Waals surface area contributed by atoms with Gasteiger partial charge in [0.15, 0.2) is 0 Å². The lowest BCUT2D eigenvalue weighted by Crippen LogP contribution is -2.52. The van der Waals surface area contributed by atoms with Crippen LogP contribution in [0.3, 0.4) is 0 Å². The number of rotatable bonds is 9. The molecule has 4 rings (SSSR count). The van der Waals surface area contributed by atoms with E-state index in [1.807, 2.05) is 13.0 Å². The fraction of sp³-hybridized carbons (Fsp3) is 0.667. The van der Waals surface area contributed by atoms with Crippen molar-refractivity contribution >= 4 is 29.2 Å². The molecular formula is C24H34FN5O5. The SMILES string of the molecule is CCc1nc2c(cc1NC(=O)C1CC1)C(OCCF)C(C(=O)NC1CCN(C(=O)CO)CC1)N2C. The van der Waals surface area contributed by atoms with Crippen molar-refractivity contribution in [2.24, 2.45) is 5.92 Å². The number of ether oxygens (including phenoxy) is 1. The number of aromatic nitrogens is 1. The van der Waals surface area contributed by atoms with E-state index in [-0.39, 0.29) is 36.3 Å². The van der Waals surface area contributed by atoms with Crippen LogP contribution in [0.5, 0.6) is 0 Å². The molecule has 35 heavy (non-hydrogen) atoms. The zero-order valence-corrected chi connectivity index (χ0v) is 20.3. The van der Waals surface area contributed by atoms with Gasteiger partial charge in [-0.1, -0.05) is 6.92 Å². The number of hydrogen-bond acceptors (Lipinski definition) is 7. The smallest absolute Gasteiger partial charge is 0.248 e. The molecule has 0 radical (unpaired) electrons. The predicted octanol–water partition coefficient (Wildman–Crippen LogP) is 0.938. The Morgan fingerprint density at radius 1 is 1.20 bits per heavy atom. The van der Waals surface area contributed by atoms with Crippen molar-refractivity contribution in [3.63, 3.8) is 0 Å². The number of halogens is 1. The van der Waals surface area contributed by atoms with Crippen molar-refractivity contribution in [1.29, 1.82) is 0 Å². The number of piperidine rings is 1. The van der Waals surface area contributed by atoms with Crippen LogP contribution in [0, 0.1) is 5.92 Å². The van der Waals surface area contributed by atoms with E-state index in [2.05, 4.69) is 10.6 Å². The number of carbonyl (C=O) groups is 3. The molecular weight excluding hydrogens is 457 g/mol. The van der Waals surface area contributed by atoms with Crippen molar-refractivity contribution in [2.75, 3.05) is 50.2 Å². The Balaban J connectivity index is 1.52. The van der Waals surface area contributed by atoms with Crippen LogP contribution in [0.25, 0.3) is 0 Å². The number of pyridine rings is 1. The average Bonchev–Trinajstić information content (AvgIpc) is 3.68. The number of likely N-dealkylation sites (N-methyl/N-ethyl adjacent to an activating group) is 1. The monoisotopic (exact) mass is 491 g/mol. The number of anilines is 2. The summed E-state index contributed by atoms with van der Waals surface area (Å²) in [5, 5.41) is 15.1. The quantitative estimate of drug-likeness (QED) is 0.470. The Kier molecular flexibility index (Phi) is 7.85. The van der Waals surface area contributed by atoms with Gasteiger partial charge in [0.2, 0.25) is 17.7 Å². The Labute approximate surface area is 204 Å². The fourth-order valence-electron chi connectivity index (χ4n) is 4.84. The van der Waals surface area contributed by atoms with Crippen LogP contribution in [0.4, 0.5) is 15.9 Å². The van der Waals surface area contributed by atoms with Crippen LogP contribution >= 0.6 is 0 Å². The molecule has 2 fully saturated rings. The molecule has 3 heterocycles. The summed E-state index contributed by atoms with van der Waals surface area (Å²) in [5.41, 5.74) is 1.97. The van der Waals surface area contributed by atoms with E-state index in [0.717, 1.165) is 18.5 Å². The van der Waals surface area contributed by atoms with E-state index in [0.29, 0.717) is 49.4 Å². The van der Waals surface area contributed by atoms with E-state index in [1.54, 1.807) is 16.8 Å². The Hall–Kier alpha value is -2.79. The molecule has 3 aliphatic rings. The fourth-order valence-corrected chi connectivity index (χ4v) is 4.84. The highest BCUT2D eigenvalue weighted by Gasteiger charge is 2.44. The number of fused-ring (bicyclic) bond motifs is 1. The van der Waals surface area contributed by atoms with Gasteiger partial charge in [0.05, 0.1) is 18.0 Å². The van der Waals surface area contributed by atoms with Crippen molar-refractivity contribution in [3.8, 4) is 0 Å². The van der Waals surface area contributed by atoms with Crippen LogP contribution in [-0.4, -0.2) is 84.8 Å². The normalized spacial score (nSPS) is 22.2. The second kappa shape index (κ2) is 10.9. The molecule has 0 bridgehead atoms. The van der Waals surface area contributed by atoms with Crippen molar-refractivity contribution < 1.29 is 28.6 Å². The minimum atomic E-state index is -0.750. The van der Waals surface area contributed by atoms with Crippen LogP contribution in [-0.2, 0) is 25.5 Å². The van der Waals surface area contributed by atoms with Gasteiger partial charge in [-0.3, -0.25) is 14.4 Å². The molecule has 2 aliphatic heterocycles. The number of aliphatic hydroxyl groups excluding tert-OH is 1. The summed E-state index contributed by atoms with van der Waals surface area (Å²) in [4.78, 5) is 45.6. The number of hydrogen-bond donors (Lipinski definition) is 3. The Morgan fingerprint density at radius 2 is 1.91 bits per heavy atom. The van der Waals surface area contributed by atoms with Gasteiger partial charge < -0.3 is 30.3 Å². The molecule has 2 atom stereocenters. The molecule has 11 heteroatoms. The van der Waals surface area contributed by atoms with Gasteiger partial charge in [-0.25, -0.2) is 9.37 Å². The number of aryl methyl sites for hydroxylation is 1. The molecule has 3 N–H and O–H groups in total. The lowest BCUT2D eigenvalue weighted by atomic mass is 10.0. The number of alkyl halides is 1. The zero-order valence-electron chi connectivity index (χ0n) is 20.3. The van der Waals surface area contributed by atoms with Crippen LogP contribution < -0.4 is 15.5 Å². The van der Waals surface area contributed by atoms with Crippen LogP contribution in [0.2, 0.25) is 0 Å². The van der Waals surface area contributed by atoms with E-state index in [9.17, 15) is 18.8 Å². The highest BCUT2D eigenvalue weighted by molar-refractivity contribution is 5.95. The minimum absolute atomic E-state index is 0.0330. The number of nitrogens with one attached hydrogen (secondary N) is 2. The molecule has 1 aromatic rings. The summed E-state index contributed by atoms with van der Waals surface area (Å²) in [6.07, 6.45) is 2.77. The molecule has 1 aliphatic carbocycles. The molecule has 192 valence electrons. The Morgan fingerprint density at radius 3 is 2.51 bits per heavy atom. The van der Waals surface area contributed by atoms with Gasteiger partial charge in [-0.2, -0.15) is 0 Å². The van der Waals surface area contributed by atoms with Gasteiger partial charge in [-0.15, -0.1) is 0 Å². The first-order valence-electron chi connectivity index (χ1n) is 12.3. The summed E-state index contributed by atoms with van der Waals surface area (Å²) < 4.78 is 18.9. The summed E-state index contributed by atoms with van der Waals surface area (Å²) in [5.74, 6) is 0.00514. The molecule has 0 aromatic carbocycles. The predicted molar refractivity (Wildman–Crippen MR) is 127 cm³/mol. The van der Waals surface area contributed by atoms with Crippen molar-refractivity contribution in [2.45, 2.75) is 57.2 Å². The van der Waals surface area contributed by atoms with E-state index in [4.69, 9.17) is 14.8 Å². The largest absolute Gasteiger partial charge is 0.387 e. The number of amides is 3. The number of likely N-dealkylation sites (tertiary alicyclic amines) is 1. The lowest BCUT2D eigenvalue weighted by molar-refractivity contribution is -0.135. The van der Waals surface area contributed by atoms with E-state index >= 15 is 0 Å². The van der Waals surface area contributed by atoms with Crippen LogP contribution in [0.15, 0.2) is 6.07 Å². The van der Waals surface area contributed by atoms with Gasteiger partial charge in [0.1, 0.15) is 31.2 Å². The summed E-state index contributed by atoms with van der Waals surface area (Å²) in [6.45, 7) is 1.49. The molecule has 1 aromatic heterocycles. The first-order chi connectivity index (χ1) is 16.9. The van der Waals surface area contributed by atoms with Gasteiger partial charge in [0, 0.05) is 37.7 Å². The highest BCUT2D eigenvalue weighted by atomic mass is 19.1. The third kappa shape index (κ3) is 5.40. The molecule has 1 saturated carbocycles. The summed E-state index contributed by atoms with van der Waals surface area (Å²) in [7, 11) is 1.76. The number of carbonyl (C=O) groups excluding carboxylic acids is 3. The second-order valence-electron chi connectivity index (χ2n) is 9.37. The van der Waals surface area contributed by atoms with E-state index < -0.39 is 25.4 Å². The van der Waals surface area contributed by atoms with Crippen LogP contribution in [0.1, 0.15) is 50.0 Å². The third-order valence-electron chi connectivity index (χ3n) is 6.97.